The third kappa shape index (κ3) is 4.34. The Hall–Kier alpha value is -4.11. The van der Waals surface area contributed by atoms with E-state index in [-0.39, 0.29) is 11.1 Å². The second kappa shape index (κ2) is 8.06. The van der Waals surface area contributed by atoms with E-state index in [0.717, 1.165) is 5.56 Å². The number of nitrogens with one attached hydrogen (secondary N) is 1. The Balaban J connectivity index is 1.79. The number of nitriles is 1. The van der Waals surface area contributed by atoms with Crippen LogP contribution in [0.15, 0.2) is 70.7 Å². The summed E-state index contributed by atoms with van der Waals surface area (Å²) in [5.74, 6) is -0.986. The summed E-state index contributed by atoms with van der Waals surface area (Å²) in [6.45, 7) is 1.90. The molecule has 0 bridgehead atoms. The van der Waals surface area contributed by atoms with Gasteiger partial charge in [-0.25, -0.2) is 0 Å². The summed E-state index contributed by atoms with van der Waals surface area (Å²) < 4.78 is 5.65. The smallest absolute Gasteiger partial charge is 0.266 e. The summed E-state index contributed by atoms with van der Waals surface area (Å²) in [6.07, 6.45) is 1.35. The minimum atomic E-state index is -1.26. The van der Waals surface area contributed by atoms with Crippen molar-refractivity contribution in [3.63, 3.8) is 0 Å². The van der Waals surface area contributed by atoms with Crippen LogP contribution in [0.1, 0.15) is 21.7 Å². The van der Waals surface area contributed by atoms with Gasteiger partial charge in [-0.1, -0.05) is 36.4 Å². The molecule has 0 spiro atoms. The number of carboxylic acids is 1. The van der Waals surface area contributed by atoms with Crippen LogP contribution in [0.3, 0.4) is 0 Å². The van der Waals surface area contributed by atoms with E-state index in [2.05, 4.69) is 5.32 Å². The van der Waals surface area contributed by atoms with Gasteiger partial charge in [0.1, 0.15) is 23.2 Å². The van der Waals surface area contributed by atoms with E-state index < -0.39 is 11.9 Å². The van der Waals surface area contributed by atoms with Gasteiger partial charge in [0.15, 0.2) is 0 Å². The monoisotopic (exact) mass is 371 g/mol. The van der Waals surface area contributed by atoms with Gasteiger partial charge < -0.3 is 19.6 Å². The molecule has 0 saturated carbocycles. The number of rotatable bonds is 5. The molecule has 1 N–H and O–H groups in total. The van der Waals surface area contributed by atoms with Gasteiger partial charge in [0.05, 0.1) is 5.97 Å². The van der Waals surface area contributed by atoms with Crippen molar-refractivity contribution >= 4 is 23.6 Å². The fourth-order valence-electron chi connectivity index (χ4n) is 2.57. The van der Waals surface area contributed by atoms with Gasteiger partial charge in [0, 0.05) is 17.3 Å². The maximum atomic E-state index is 12.3. The standard InChI is InChI=1S/C22H16N2O4/c1-14-3-2-4-18(11-14)24-21(25)17(13-23)12-19-9-10-20(28-19)15-5-7-16(8-6-15)22(26)27/h2-12H,1H3,(H,24,25)(H,26,27)/p-1/b17-12-. The van der Waals surface area contributed by atoms with E-state index in [1.54, 1.807) is 36.4 Å². The second-order valence-electron chi connectivity index (χ2n) is 6.06. The molecule has 0 radical (unpaired) electrons. The number of hydrogen-bond donors (Lipinski definition) is 1. The highest BCUT2D eigenvalue weighted by Crippen LogP contribution is 2.24. The van der Waals surface area contributed by atoms with Crippen LogP contribution in [0.4, 0.5) is 5.69 Å². The number of carbonyl (C=O) groups excluding carboxylic acids is 2. The first kappa shape index (κ1) is 18.7. The summed E-state index contributed by atoms with van der Waals surface area (Å²) in [7, 11) is 0. The predicted molar refractivity (Wildman–Crippen MR) is 102 cm³/mol. The van der Waals surface area contributed by atoms with Gasteiger partial charge >= 0.3 is 0 Å². The zero-order valence-corrected chi connectivity index (χ0v) is 14.9. The Labute approximate surface area is 161 Å². The lowest BCUT2D eigenvalue weighted by Gasteiger charge is -2.04. The molecule has 3 aromatic rings. The van der Waals surface area contributed by atoms with E-state index in [0.29, 0.717) is 22.8 Å². The van der Waals surface area contributed by atoms with E-state index >= 15 is 0 Å². The van der Waals surface area contributed by atoms with Gasteiger partial charge in [0.2, 0.25) is 0 Å². The average Bonchev–Trinajstić information content (AvgIpc) is 3.14. The van der Waals surface area contributed by atoms with Crippen LogP contribution in [0.2, 0.25) is 0 Å². The molecule has 1 aromatic heterocycles. The number of benzene rings is 2. The lowest BCUT2D eigenvalue weighted by Crippen LogP contribution is -2.21. The van der Waals surface area contributed by atoms with Crippen molar-refractivity contribution in [3.8, 4) is 17.4 Å². The van der Waals surface area contributed by atoms with Gasteiger partial charge in [0.25, 0.3) is 5.91 Å². The molecule has 0 aliphatic heterocycles. The number of carbonyl (C=O) groups is 2. The quantitative estimate of drug-likeness (QED) is 0.548. The topological polar surface area (TPSA) is 106 Å². The molecule has 1 amide bonds. The van der Waals surface area contributed by atoms with E-state index in [1.807, 2.05) is 25.1 Å². The van der Waals surface area contributed by atoms with Crippen molar-refractivity contribution in [1.82, 2.24) is 0 Å². The Bertz CT molecular complexity index is 1100. The molecule has 2 aromatic carbocycles. The molecule has 138 valence electrons. The van der Waals surface area contributed by atoms with E-state index in [1.165, 1.54) is 18.2 Å². The van der Waals surface area contributed by atoms with Crippen LogP contribution in [-0.4, -0.2) is 11.9 Å². The fraction of sp³-hybridized carbons (Fsp3) is 0.0455. The number of amides is 1. The largest absolute Gasteiger partial charge is 0.545 e. The average molecular weight is 371 g/mol. The number of furan rings is 1. The van der Waals surface area contributed by atoms with Crippen LogP contribution >= 0.6 is 0 Å². The van der Waals surface area contributed by atoms with Crippen molar-refractivity contribution in [2.24, 2.45) is 0 Å². The number of aromatic carboxylic acids is 1. The Morgan fingerprint density at radius 2 is 1.86 bits per heavy atom. The Morgan fingerprint density at radius 3 is 2.50 bits per heavy atom. The molecule has 0 aliphatic carbocycles. The molecule has 0 atom stereocenters. The van der Waals surface area contributed by atoms with Crippen molar-refractivity contribution in [3.05, 3.63) is 83.1 Å². The van der Waals surface area contributed by atoms with Crippen molar-refractivity contribution < 1.29 is 19.1 Å². The summed E-state index contributed by atoms with van der Waals surface area (Å²) in [5, 5.41) is 22.8. The number of anilines is 1. The summed E-state index contributed by atoms with van der Waals surface area (Å²) in [4.78, 5) is 23.1. The second-order valence-corrected chi connectivity index (χ2v) is 6.06. The molecule has 0 unspecified atom stereocenters. The molecule has 6 nitrogen and oxygen atoms in total. The highest BCUT2D eigenvalue weighted by Gasteiger charge is 2.12. The first-order chi connectivity index (χ1) is 13.5. The van der Waals surface area contributed by atoms with Gasteiger partial charge in [-0.15, -0.1) is 0 Å². The lowest BCUT2D eigenvalue weighted by molar-refractivity contribution is -0.255. The molecule has 6 heteroatoms. The SMILES string of the molecule is Cc1cccc(NC(=O)/C(C#N)=C\c2ccc(-c3ccc(C(=O)[O-])cc3)o2)c1. The van der Waals surface area contributed by atoms with Crippen molar-refractivity contribution in [2.45, 2.75) is 6.92 Å². The Morgan fingerprint density at radius 1 is 1.11 bits per heavy atom. The summed E-state index contributed by atoms with van der Waals surface area (Å²) >= 11 is 0. The fourth-order valence-corrected chi connectivity index (χ4v) is 2.57. The van der Waals surface area contributed by atoms with Crippen LogP contribution in [0.25, 0.3) is 17.4 Å². The third-order valence-electron chi connectivity index (χ3n) is 3.96. The third-order valence-corrected chi connectivity index (χ3v) is 3.96. The first-order valence-corrected chi connectivity index (χ1v) is 8.37. The molecule has 0 fully saturated rings. The highest BCUT2D eigenvalue weighted by atomic mass is 16.4. The minimum Gasteiger partial charge on any atom is -0.545 e. The van der Waals surface area contributed by atoms with E-state index in [9.17, 15) is 20.0 Å². The predicted octanol–water partition coefficient (Wildman–Crippen LogP) is 3.16. The zero-order chi connectivity index (χ0) is 20.1. The molecule has 1 heterocycles. The summed E-state index contributed by atoms with van der Waals surface area (Å²) in [5.41, 5.74) is 2.21. The van der Waals surface area contributed by atoms with Crippen LogP contribution < -0.4 is 10.4 Å². The highest BCUT2D eigenvalue weighted by molar-refractivity contribution is 6.09. The maximum absolute atomic E-state index is 12.3. The van der Waals surface area contributed by atoms with Gasteiger partial charge in [-0.05, 0) is 42.3 Å². The lowest BCUT2D eigenvalue weighted by atomic mass is 10.1. The molecule has 3 rings (SSSR count). The number of hydrogen-bond acceptors (Lipinski definition) is 5. The molecular formula is C22H15N2O4-. The normalized spacial score (nSPS) is 10.9. The first-order valence-electron chi connectivity index (χ1n) is 8.37. The zero-order valence-electron chi connectivity index (χ0n) is 14.9. The van der Waals surface area contributed by atoms with Crippen LogP contribution in [0.5, 0.6) is 0 Å². The molecular weight excluding hydrogens is 356 g/mol. The molecule has 28 heavy (non-hydrogen) atoms. The number of nitrogens with zero attached hydrogens (tertiary/aromatic N) is 1. The maximum Gasteiger partial charge on any atom is 0.266 e. The van der Waals surface area contributed by atoms with Crippen LogP contribution in [0, 0.1) is 18.3 Å². The summed E-state index contributed by atoms with van der Waals surface area (Å²) in [6, 6.07) is 18.4. The minimum absolute atomic E-state index is 0.0648. The van der Waals surface area contributed by atoms with Gasteiger partial charge in [-0.2, -0.15) is 5.26 Å². The number of aryl methyl sites for hydroxylation is 1. The van der Waals surface area contributed by atoms with Crippen molar-refractivity contribution in [1.29, 1.82) is 5.26 Å². The van der Waals surface area contributed by atoms with E-state index in [4.69, 9.17) is 4.42 Å². The molecule has 0 saturated heterocycles. The van der Waals surface area contributed by atoms with Gasteiger partial charge in [-0.3, -0.25) is 4.79 Å². The van der Waals surface area contributed by atoms with Crippen molar-refractivity contribution in [2.75, 3.05) is 5.32 Å². The number of carboxylic acid groups (broad SMARTS) is 1. The van der Waals surface area contributed by atoms with Crippen LogP contribution in [-0.2, 0) is 4.79 Å². The molecule has 0 aliphatic rings. The Kier molecular flexibility index (Phi) is 5.38.